The number of rotatable bonds is 9. The molecule has 2 aromatic rings. The zero-order chi connectivity index (χ0) is 15.6. The van der Waals surface area contributed by atoms with E-state index in [4.69, 9.17) is 10.5 Å². The Morgan fingerprint density at radius 3 is 2.82 bits per heavy atom. The highest BCUT2D eigenvalue weighted by Crippen LogP contribution is 2.17. The van der Waals surface area contributed by atoms with E-state index in [0.29, 0.717) is 31.1 Å². The second-order valence-electron chi connectivity index (χ2n) is 4.71. The van der Waals surface area contributed by atoms with Gasteiger partial charge in [0.1, 0.15) is 10.8 Å². The molecule has 0 saturated carbocycles. The molecule has 0 aliphatic rings. The van der Waals surface area contributed by atoms with Crippen LogP contribution in [0.3, 0.4) is 0 Å². The molecule has 0 unspecified atom stereocenters. The number of nitrogens with zero attached hydrogens (tertiary/aromatic N) is 2. The molecule has 22 heavy (non-hydrogen) atoms. The maximum absolute atomic E-state index is 11.6. The SMILES string of the molecule is NCCCC(=O)Nc1nnc(CCCOc2ccccc2)s1. The topological polar surface area (TPSA) is 90.1 Å². The van der Waals surface area contributed by atoms with Crippen molar-refractivity contribution in [1.82, 2.24) is 10.2 Å². The first-order valence-corrected chi connectivity index (χ1v) is 8.09. The Labute approximate surface area is 133 Å². The maximum atomic E-state index is 11.6. The zero-order valence-electron chi connectivity index (χ0n) is 12.3. The van der Waals surface area contributed by atoms with Gasteiger partial charge in [-0.2, -0.15) is 0 Å². The first kappa shape index (κ1) is 16.4. The predicted molar refractivity (Wildman–Crippen MR) is 87.1 cm³/mol. The first-order chi connectivity index (χ1) is 10.8. The van der Waals surface area contributed by atoms with Gasteiger partial charge in [0.05, 0.1) is 6.61 Å². The number of nitrogens with two attached hydrogens (primary N) is 1. The lowest BCUT2D eigenvalue weighted by atomic mass is 10.3. The molecule has 1 aromatic heterocycles. The minimum atomic E-state index is -0.0689. The van der Waals surface area contributed by atoms with Crippen molar-refractivity contribution in [3.05, 3.63) is 35.3 Å². The fourth-order valence-corrected chi connectivity index (χ4v) is 2.58. The molecule has 2 rings (SSSR count). The minimum Gasteiger partial charge on any atom is -0.494 e. The summed E-state index contributed by atoms with van der Waals surface area (Å²) in [5, 5.41) is 12.2. The maximum Gasteiger partial charge on any atom is 0.226 e. The van der Waals surface area contributed by atoms with Crippen LogP contribution in [-0.4, -0.2) is 29.3 Å². The highest BCUT2D eigenvalue weighted by molar-refractivity contribution is 7.15. The van der Waals surface area contributed by atoms with Crippen LogP contribution < -0.4 is 15.8 Å². The van der Waals surface area contributed by atoms with Gasteiger partial charge >= 0.3 is 0 Å². The van der Waals surface area contributed by atoms with Gasteiger partial charge in [-0.05, 0) is 31.5 Å². The third-order valence-corrected chi connectivity index (χ3v) is 3.77. The van der Waals surface area contributed by atoms with Crippen LogP contribution in [0.5, 0.6) is 5.75 Å². The summed E-state index contributed by atoms with van der Waals surface area (Å²) in [6.07, 6.45) is 2.72. The van der Waals surface area contributed by atoms with Crippen molar-refractivity contribution >= 4 is 22.4 Å². The van der Waals surface area contributed by atoms with Crippen LogP contribution in [-0.2, 0) is 11.2 Å². The lowest BCUT2D eigenvalue weighted by Crippen LogP contribution is -2.13. The van der Waals surface area contributed by atoms with Crippen molar-refractivity contribution in [2.24, 2.45) is 5.73 Å². The molecule has 0 aliphatic carbocycles. The summed E-state index contributed by atoms with van der Waals surface area (Å²) >= 11 is 1.40. The monoisotopic (exact) mass is 320 g/mol. The molecule has 1 aromatic carbocycles. The van der Waals surface area contributed by atoms with E-state index < -0.39 is 0 Å². The predicted octanol–water partition coefficient (Wildman–Crippen LogP) is 2.23. The fourth-order valence-electron chi connectivity index (χ4n) is 1.78. The third-order valence-electron chi connectivity index (χ3n) is 2.87. The van der Waals surface area contributed by atoms with E-state index in [1.807, 2.05) is 30.3 Å². The van der Waals surface area contributed by atoms with E-state index in [0.717, 1.165) is 23.6 Å². The van der Waals surface area contributed by atoms with Gasteiger partial charge in [-0.3, -0.25) is 4.79 Å². The van der Waals surface area contributed by atoms with Gasteiger partial charge in [-0.1, -0.05) is 29.5 Å². The van der Waals surface area contributed by atoms with Crippen LogP contribution in [0.15, 0.2) is 30.3 Å². The van der Waals surface area contributed by atoms with E-state index in [-0.39, 0.29) is 5.91 Å². The Morgan fingerprint density at radius 1 is 1.23 bits per heavy atom. The van der Waals surface area contributed by atoms with Crippen molar-refractivity contribution in [1.29, 1.82) is 0 Å². The second-order valence-corrected chi connectivity index (χ2v) is 5.77. The molecule has 0 bridgehead atoms. The summed E-state index contributed by atoms with van der Waals surface area (Å²) in [6.45, 7) is 1.14. The number of para-hydroxylation sites is 1. The molecular weight excluding hydrogens is 300 g/mol. The Bertz CT molecular complexity index is 574. The van der Waals surface area contributed by atoms with Crippen LogP contribution in [0.1, 0.15) is 24.3 Å². The number of nitrogens with one attached hydrogen (secondary N) is 1. The first-order valence-electron chi connectivity index (χ1n) is 7.28. The van der Waals surface area contributed by atoms with Gasteiger partial charge in [0.25, 0.3) is 0 Å². The summed E-state index contributed by atoms with van der Waals surface area (Å²) in [7, 11) is 0. The Balaban J connectivity index is 1.67. The van der Waals surface area contributed by atoms with E-state index in [1.165, 1.54) is 11.3 Å². The number of carbonyl (C=O) groups excluding carboxylic acids is 1. The number of aromatic nitrogens is 2. The summed E-state index contributed by atoms with van der Waals surface area (Å²) in [4.78, 5) is 11.6. The number of hydrogen-bond donors (Lipinski definition) is 2. The molecular formula is C15H20N4O2S. The van der Waals surface area contributed by atoms with E-state index in [2.05, 4.69) is 15.5 Å². The highest BCUT2D eigenvalue weighted by Gasteiger charge is 2.07. The van der Waals surface area contributed by atoms with Crippen LogP contribution in [0.25, 0.3) is 0 Å². The van der Waals surface area contributed by atoms with Gasteiger partial charge in [0, 0.05) is 12.8 Å². The molecule has 0 atom stereocenters. The molecule has 118 valence electrons. The molecule has 7 heteroatoms. The summed E-state index contributed by atoms with van der Waals surface area (Å²) in [6, 6.07) is 9.71. The molecule has 1 amide bonds. The lowest BCUT2D eigenvalue weighted by molar-refractivity contribution is -0.116. The Hall–Kier alpha value is -1.99. The van der Waals surface area contributed by atoms with Crippen molar-refractivity contribution in [2.45, 2.75) is 25.7 Å². The van der Waals surface area contributed by atoms with Crippen molar-refractivity contribution in [2.75, 3.05) is 18.5 Å². The van der Waals surface area contributed by atoms with Crippen LogP contribution in [0, 0.1) is 0 Å². The number of ether oxygens (including phenoxy) is 1. The van der Waals surface area contributed by atoms with Crippen molar-refractivity contribution in [3.63, 3.8) is 0 Å². The molecule has 1 heterocycles. The Morgan fingerprint density at radius 2 is 2.05 bits per heavy atom. The van der Waals surface area contributed by atoms with Gasteiger partial charge < -0.3 is 15.8 Å². The molecule has 3 N–H and O–H groups in total. The molecule has 0 saturated heterocycles. The smallest absolute Gasteiger partial charge is 0.226 e. The van der Waals surface area contributed by atoms with Gasteiger partial charge in [-0.25, -0.2) is 0 Å². The second kappa shape index (κ2) is 9.11. The fraction of sp³-hybridized carbons (Fsp3) is 0.400. The highest BCUT2D eigenvalue weighted by atomic mass is 32.1. The summed E-state index contributed by atoms with van der Waals surface area (Å²) < 4.78 is 5.62. The number of amides is 1. The van der Waals surface area contributed by atoms with Crippen molar-refractivity contribution in [3.8, 4) is 5.75 Å². The van der Waals surface area contributed by atoms with Crippen LogP contribution >= 0.6 is 11.3 Å². The minimum absolute atomic E-state index is 0.0689. The van der Waals surface area contributed by atoms with E-state index in [1.54, 1.807) is 0 Å². The lowest BCUT2D eigenvalue weighted by Gasteiger charge is -2.04. The summed E-state index contributed by atoms with van der Waals surface area (Å²) in [5.74, 6) is 0.799. The number of anilines is 1. The largest absolute Gasteiger partial charge is 0.494 e. The third kappa shape index (κ3) is 5.79. The zero-order valence-corrected chi connectivity index (χ0v) is 13.1. The van der Waals surface area contributed by atoms with Gasteiger partial charge in [-0.15, -0.1) is 10.2 Å². The van der Waals surface area contributed by atoms with Crippen molar-refractivity contribution < 1.29 is 9.53 Å². The molecule has 0 spiro atoms. The molecule has 0 fully saturated rings. The van der Waals surface area contributed by atoms with Gasteiger partial charge in [0.2, 0.25) is 11.0 Å². The molecule has 0 aliphatic heterocycles. The van der Waals surface area contributed by atoms with Gasteiger partial charge in [0.15, 0.2) is 0 Å². The molecule has 0 radical (unpaired) electrons. The number of benzene rings is 1. The van der Waals surface area contributed by atoms with E-state index >= 15 is 0 Å². The number of carbonyl (C=O) groups is 1. The van der Waals surface area contributed by atoms with E-state index in [9.17, 15) is 4.79 Å². The Kier molecular flexibility index (Phi) is 6.79. The number of aryl methyl sites for hydroxylation is 1. The van der Waals surface area contributed by atoms with Crippen LogP contribution in [0.2, 0.25) is 0 Å². The number of hydrogen-bond acceptors (Lipinski definition) is 6. The summed E-state index contributed by atoms with van der Waals surface area (Å²) in [5.41, 5.74) is 5.37. The van der Waals surface area contributed by atoms with Crippen LogP contribution in [0.4, 0.5) is 5.13 Å². The average Bonchev–Trinajstić information content (AvgIpc) is 2.98. The quantitative estimate of drug-likeness (QED) is 0.691. The average molecular weight is 320 g/mol. The molecule has 6 nitrogen and oxygen atoms in total. The standard InChI is InChI=1S/C15H20N4O2S/c16-10-4-8-13(20)17-15-19-18-14(22-15)9-5-11-21-12-6-2-1-3-7-12/h1-3,6-7H,4-5,8-11,16H2,(H,17,19,20). The normalized spacial score (nSPS) is 10.4.